The van der Waals surface area contributed by atoms with Gasteiger partial charge in [-0.25, -0.2) is 8.42 Å². The summed E-state index contributed by atoms with van der Waals surface area (Å²) in [5, 5.41) is 2.75. The fourth-order valence-electron chi connectivity index (χ4n) is 2.49. The minimum absolute atomic E-state index is 0.114. The van der Waals surface area contributed by atoms with E-state index in [1.54, 1.807) is 12.1 Å². The van der Waals surface area contributed by atoms with Crippen molar-refractivity contribution in [1.82, 2.24) is 4.31 Å². The van der Waals surface area contributed by atoms with Gasteiger partial charge in [-0.3, -0.25) is 4.79 Å². The van der Waals surface area contributed by atoms with Crippen LogP contribution in [-0.2, 0) is 14.8 Å². The SMILES string of the molecule is CCOc1ccc(S(=O)(=O)N(C)CC(=O)Nc2ccc(C)cc2C)cc1. The van der Waals surface area contributed by atoms with E-state index < -0.39 is 15.9 Å². The van der Waals surface area contributed by atoms with Gasteiger partial charge in [-0.05, 0) is 56.7 Å². The smallest absolute Gasteiger partial charge is 0.243 e. The molecule has 2 rings (SSSR count). The Kier molecular flexibility index (Phi) is 6.39. The molecule has 0 saturated carbocycles. The number of hydrogen-bond donors (Lipinski definition) is 1. The first-order valence-corrected chi connectivity index (χ1v) is 9.74. The maximum absolute atomic E-state index is 12.6. The van der Waals surface area contributed by atoms with Crippen LogP contribution in [0.25, 0.3) is 0 Å². The van der Waals surface area contributed by atoms with Crippen LogP contribution in [0.5, 0.6) is 5.75 Å². The number of hydrogen-bond acceptors (Lipinski definition) is 4. The van der Waals surface area contributed by atoms with Crippen LogP contribution in [0.2, 0.25) is 0 Å². The van der Waals surface area contributed by atoms with Crippen LogP contribution in [0.15, 0.2) is 47.4 Å². The second kappa shape index (κ2) is 8.33. The van der Waals surface area contributed by atoms with E-state index in [9.17, 15) is 13.2 Å². The van der Waals surface area contributed by atoms with Gasteiger partial charge in [0.05, 0.1) is 18.0 Å². The molecule has 0 saturated heterocycles. The van der Waals surface area contributed by atoms with Crippen LogP contribution in [0.4, 0.5) is 5.69 Å². The molecule has 26 heavy (non-hydrogen) atoms. The third-order valence-electron chi connectivity index (χ3n) is 3.87. The minimum atomic E-state index is -3.76. The normalized spacial score (nSPS) is 11.4. The first-order valence-electron chi connectivity index (χ1n) is 8.30. The molecule has 0 atom stereocenters. The summed E-state index contributed by atoms with van der Waals surface area (Å²) in [6, 6.07) is 11.8. The molecular formula is C19H24N2O4S. The molecule has 1 N–H and O–H groups in total. The van der Waals surface area contributed by atoms with E-state index in [2.05, 4.69) is 5.32 Å². The number of nitrogens with one attached hydrogen (secondary N) is 1. The number of aryl methyl sites for hydroxylation is 2. The van der Waals surface area contributed by atoms with Gasteiger partial charge >= 0.3 is 0 Å². The van der Waals surface area contributed by atoms with E-state index in [1.807, 2.05) is 39.0 Å². The molecule has 0 aliphatic heterocycles. The lowest BCUT2D eigenvalue weighted by Crippen LogP contribution is -2.35. The van der Waals surface area contributed by atoms with Gasteiger partial charge in [0, 0.05) is 12.7 Å². The fraction of sp³-hybridized carbons (Fsp3) is 0.316. The lowest BCUT2D eigenvalue weighted by Gasteiger charge is -2.17. The summed E-state index contributed by atoms with van der Waals surface area (Å²) in [6.45, 7) is 5.94. The van der Waals surface area contributed by atoms with E-state index in [1.165, 1.54) is 19.2 Å². The van der Waals surface area contributed by atoms with Crippen molar-refractivity contribution >= 4 is 21.6 Å². The summed E-state index contributed by atoms with van der Waals surface area (Å²) in [7, 11) is -2.38. The molecule has 1 amide bonds. The van der Waals surface area contributed by atoms with Gasteiger partial charge in [-0.15, -0.1) is 0 Å². The fourth-order valence-corrected chi connectivity index (χ4v) is 3.61. The van der Waals surface area contributed by atoms with E-state index in [-0.39, 0.29) is 11.4 Å². The lowest BCUT2D eigenvalue weighted by atomic mass is 10.1. The van der Waals surface area contributed by atoms with Crippen molar-refractivity contribution in [1.29, 1.82) is 0 Å². The zero-order chi connectivity index (χ0) is 19.3. The maximum atomic E-state index is 12.6. The molecule has 140 valence electrons. The zero-order valence-electron chi connectivity index (χ0n) is 15.4. The van der Waals surface area contributed by atoms with Crippen LogP contribution >= 0.6 is 0 Å². The van der Waals surface area contributed by atoms with Gasteiger partial charge in [0.2, 0.25) is 15.9 Å². The number of amides is 1. The van der Waals surface area contributed by atoms with Crippen molar-refractivity contribution in [3.8, 4) is 5.75 Å². The monoisotopic (exact) mass is 376 g/mol. The predicted molar refractivity (Wildman–Crippen MR) is 102 cm³/mol. The molecule has 0 aromatic heterocycles. The van der Waals surface area contributed by atoms with Gasteiger partial charge < -0.3 is 10.1 Å². The molecule has 0 unspecified atom stereocenters. The number of ether oxygens (including phenoxy) is 1. The third kappa shape index (κ3) is 4.83. The molecule has 7 heteroatoms. The summed E-state index contributed by atoms with van der Waals surface area (Å²) in [4.78, 5) is 12.4. The highest BCUT2D eigenvalue weighted by molar-refractivity contribution is 7.89. The van der Waals surface area contributed by atoms with Gasteiger partial charge in [0.15, 0.2) is 0 Å². The molecule has 0 radical (unpaired) electrons. The molecule has 0 heterocycles. The molecule has 2 aromatic carbocycles. The lowest BCUT2D eigenvalue weighted by molar-refractivity contribution is -0.116. The maximum Gasteiger partial charge on any atom is 0.243 e. The van der Waals surface area contributed by atoms with Crippen LogP contribution in [0.1, 0.15) is 18.1 Å². The predicted octanol–water partition coefficient (Wildman–Crippen LogP) is 2.96. The summed E-state index contributed by atoms with van der Waals surface area (Å²) in [5.41, 5.74) is 2.69. The topological polar surface area (TPSA) is 75.7 Å². The Morgan fingerprint density at radius 1 is 1.12 bits per heavy atom. The molecule has 0 aliphatic rings. The Balaban J connectivity index is 2.07. The second-order valence-electron chi connectivity index (χ2n) is 6.03. The average molecular weight is 376 g/mol. The Labute approximate surface area is 154 Å². The quantitative estimate of drug-likeness (QED) is 0.806. The van der Waals surface area contributed by atoms with Crippen LogP contribution in [-0.4, -0.2) is 38.8 Å². The summed E-state index contributed by atoms with van der Waals surface area (Å²) in [6.07, 6.45) is 0. The molecule has 0 bridgehead atoms. The number of anilines is 1. The average Bonchev–Trinajstić information content (AvgIpc) is 2.58. The summed E-state index contributed by atoms with van der Waals surface area (Å²) < 4.78 is 31.6. The van der Waals surface area contributed by atoms with Crippen molar-refractivity contribution in [2.75, 3.05) is 25.5 Å². The molecule has 2 aromatic rings. The van der Waals surface area contributed by atoms with Gasteiger partial charge in [-0.2, -0.15) is 4.31 Å². The van der Waals surface area contributed by atoms with E-state index >= 15 is 0 Å². The largest absolute Gasteiger partial charge is 0.494 e. The third-order valence-corrected chi connectivity index (χ3v) is 5.68. The van der Waals surface area contributed by atoms with Gasteiger partial charge in [-0.1, -0.05) is 17.7 Å². The van der Waals surface area contributed by atoms with E-state index in [0.29, 0.717) is 18.0 Å². The number of likely N-dealkylation sites (N-methyl/N-ethyl adjacent to an activating group) is 1. The number of sulfonamides is 1. The number of benzene rings is 2. The Morgan fingerprint density at radius 2 is 1.77 bits per heavy atom. The first kappa shape index (κ1) is 19.9. The van der Waals surface area contributed by atoms with Crippen LogP contribution in [0, 0.1) is 13.8 Å². The number of nitrogens with zero attached hydrogens (tertiary/aromatic N) is 1. The van der Waals surface area contributed by atoms with Crippen LogP contribution < -0.4 is 10.1 Å². The van der Waals surface area contributed by atoms with Crippen molar-refractivity contribution in [3.05, 3.63) is 53.6 Å². The van der Waals surface area contributed by atoms with E-state index in [4.69, 9.17) is 4.74 Å². The second-order valence-corrected chi connectivity index (χ2v) is 8.08. The van der Waals surface area contributed by atoms with Crippen molar-refractivity contribution in [2.24, 2.45) is 0 Å². The minimum Gasteiger partial charge on any atom is -0.494 e. The number of carbonyl (C=O) groups is 1. The van der Waals surface area contributed by atoms with Gasteiger partial charge in [0.1, 0.15) is 5.75 Å². The molecule has 0 aliphatic carbocycles. The number of rotatable bonds is 7. The molecule has 0 spiro atoms. The van der Waals surface area contributed by atoms with Crippen molar-refractivity contribution < 1.29 is 17.9 Å². The highest BCUT2D eigenvalue weighted by Crippen LogP contribution is 2.19. The standard InChI is InChI=1S/C19H24N2O4S/c1-5-25-16-7-9-17(10-8-16)26(23,24)21(4)13-19(22)20-18-11-6-14(2)12-15(18)3/h6-12H,5,13H2,1-4H3,(H,20,22). The molecule has 6 nitrogen and oxygen atoms in total. The van der Waals surface area contributed by atoms with Crippen molar-refractivity contribution in [2.45, 2.75) is 25.7 Å². The van der Waals surface area contributed by atoms with Gasteiger partial charge in [0.25, 0.3) is 0 Å². The zero-order valence-corrected chi connectivity index (χ0v) is 16.3. The Hall–Kier alpha value is -2.38. The molecular weight excluding hydrogens is 352 g/mol. The molecule has 0 fully saturated rings. The first-order chi connectivity index (χ1) is 12.2. The van der Waals surface area contributed by atoms with E-state index in [0.717, 1.165) is 15.4 Å². The Morgan fingerprint density at radius 3 is 2.35 bits per heavy atom. The van der Waals surface area contributed by atoms with Crippen LogP contribution in [0.3, 0.4) is 0 Å². The summed E-state index contributed by atoms with van der Waals surface area (Å²) >= 11 is 0. The summed E-state index contributed by atoms with van der Waals surface area (Å²) in [5.74, 6) is 0.204. The number of carbonyl (C=O) groups excluding carboxylic acids is 1. The van der Waals surface area contributed by atoms with Crippen molar-refractivity contribution in [3.63, 3.8) is 0 Å². The highest BCUT2D eigenvalue weighted by Gasteiger charge is 2.23. The Bertz CT molecular complexity index is 877. The highest BCUT2D eigenvalue weighted by atomic mass is 32.2.